The molecular formula is C12H17O2. The Balaban J connectivity index is 2.20. The van der Waals surface area contributed by atoms with E-state index in [1.165, 1.54) is 0 Å². The molecule has 1 unspecified atom stereocenters. The summed E-state index contributed by atoms with van der Waals surface area (Å²) >= 11 is 0. The quantitative estimate of drug-likeness (QED) is 0.691. The van der Waals surface area contributed by atoms with Crippen molar-refractivity contribution in [3.8, 4) is 5.75 Å². The van der Waals surface area contributed by atoms with Crippen LogP contribution in [0.1, 0.15) is 13.8 Å². The highest BCUT2D eigenvalue weighted by molar-refractivity contribution is 5.20. The fourth-order valence-electron chi connectivity index (χ4n) is 1.04. The van der Waals surface area contributed by atoms with Crippen LogP contribution < -0.4 is 4.74 Å². The Bertz CT molecular complexity index is 233. The summed E-state index contributed by atoms with van der Waals surface area (Å²) < 4.78 is 11.0. The summed E-state index contributed by atoms with van der Waals surface area (Å²) in [6.07, 6.45) is 2.12. The zero-order chi connectivity index (χ0) is 10.2. The molecule has 0 heterocycles. The van der Waals surface area contributed by atoms with E-state index in [1.807, 2.05) is 50.6 Å². The third-order valence-corrected chi connectivity index (χ3v) is 1.78. The molecule has 14 heavy (non-hydrogen) atoms. The molecule has 1 atom stereocenters. The van der Waals surface area contributed by atoms with E-state index in [1.54, 1.807) is 0 Å². The van der Waals surface area contributed by atoms with Crippen LogP contribution in [-0.4, -0.2) is 19.3 Å². The van der Waals surface area contributed by atoms with Crippen LogP contribution in [0.15, 0.2) is 30.3 Å². The molecule has 2 heteroatoms. The van der Waals surface area contributed by atoms with Gasteiger partial charge in [-0.2, -0.15) is 0 Å². The first-order valence-corrected chi connectivity index (χ1v) is 4.90. The van der Waals surface area contributed by atoms with Gasteiger partial charge in [-0.05, 0) is 25.5 Å². The predicted molar refractivity (Wildman–Crippen MR) is 57.3 cm³/mol. The Hall–Kier alpha value is -1.02. The van der Waals surface area contributed by atoms with Gasteiger partial charge in [0.1, 0.15) is 12.4 Å². The fourth-order valence-corrected chi connectivity index (χ4v) is 1.04. The van der Waals surface area contributed by atoms with Crippen molar-refractivity contribution in [3.63, 3.8) is 0 Å². The summed E-state index contributed by atoms with van der Waals surface area (Å²) in [6.45, 7) is 5.26. The molecule has 0 saturated heterocycles. The summed E-state index contributed by atoms with van der Waals surface area (Å²) in [6, 6.07) is 9.78. The maximum atomic E-state index is 5.53. The van der Waals surface area contributed by atoms with Gasteiger partial charge >= 0.3 is 0 Å². The molecule has 0 N–H and O–H groups in total. The number of hydrogen-bond acceptors (Lipinski definition) is 2. The molecule has 0 aliphatic heterocycles. The number of ether oxygens (including phenoxy) is 2. The Morgan fingerprint density at radius 1 is 1.29 bits per heavy atom. The SMILES string of the molecule is C[CH]COC(C)COc1ccccc1. The van der Waals surface area contributed by atoms with Crippen LogP contribution in [0.2, 0.25) is 0 Å². The average Bonchev–Trinajstić information content (AvgIpc) is 2.25. The lowest BCUT2D eigenvalue weighted by atomic mass is 10.3. The Morgan fingerprint density at radius 3 is 2.64 bits per heavy atom. The van der Waals surface area contributed by atoms with E-state index in [-0.39, 0.29) is 6.10 Å². The van der Waals surface area contributed by atoms with Crippen LogP contribution in [0.5, 0.6) is 5.75 Å². The molecule has 0 spiro atoms. The Morgan fingerprint density at radius 2 is 2.00 bits per heavy atom. The number of hydrogen-bond donors (Lipinski definition) is 0. The Kier molecular flexibility index (Phi) is 5.08. The van der Waals surface area contributed by atoms with Crippen molar-refractivity contribution in [3.05, 3.63) is 36.8 Å². The maximum absolute atomic E-state index is 5.53. The minimum atomic E-state index is 0.131. The van der Waals surface area contributed by atoms with Gasteiger partial charge in [0.25, 0.3) is 0 Å². The molecule has 1 rings (SSSR count). The molecule has 0 aliphatic carbocycles. The lowest BCUT2D eigenvalue weighted by molar-refractivity contribution is 0.0445. The first-order valence-electron chi connectivity index (χ1n) is 4.90. The molecule has 77 valence electrons. The van der Waals surface area contributed by atoms with Crippen molar-refractivity contribution in [2.24, 2.45) is 0 Å². The maximum Gasteiger partial charge on any atom is 0.119 e. The summed E-state index contributed by atoms with van der Waals surface area (Å²) in [4.78, 5) is 0. The third kappa shape index (κ3) is 4.28. The van der Waals surface area contributed by atoms with E-state index in [0.29, 0.717) is 13.2 Å². The number of rotatable bonds is 6. The third-order valence-electron chi connectivity index (χ3n) is 1.78. The molecule has 0 bridgehead atoms. The van der Waals surface area contributed by atoms with Gasteiger partial charge in [0, 0.05) is 6.61 Å². The van der Waals surface area contributed by atoms with Crippen LogP contribution in [0.4, 0.5) is 0 Å². The molecule has 0 amide bonds. The monoisotopic (exact) mass is 193 g/mol. The van der Waals surface area contributed by atoms with Crippen LogP contribution >= 0.6 is 0 Å². The van der Waals surface area contributed by atoms with Gasteiger partial charge in [0.05, 0.1) is 6.10 Å². The zero-order valence-corrected chi connectivity index (χ0v) is 8.77. The fraction of sp³-hybridized carbons (Fsp3) is 0.417. The molecule has 1 aromatic carbocycles. The van der Waals surface area contributed by atoms with E-state index in [9.17, 15) is 0 Å². The smallest absolute Gasteiger partial charge is 0.119 e. The van der Waals surface area contributed by atoms with Gasteiger partial charge in [-0.3, -0.25) is 0 Å². The molecule has 0 aromatic heterocycles. The van der Waals surface area contributed by atoms with Gasteiger partial charge < -0.3 is 9.47 Å². The van der Waals surface area contributed by atoms with Crippen molar-refractivity contribution in [2.75, 3.05) is 13.2 Å². The number of benzene rings is 1. The first kappa shape index (κ1) is 11.1. The van der Waals surface area contributed by atoms with Crippen molar-refractivity contribution in [2.45, 2.75) is 20.0 Å². The second-order valence-electron chi connectivity index (χ2n) is 3.18. The molecule has 0 fully saturated rings. The van der Waals surface area contributed by atoms with Gasteiger partial charge in [-0.25, -0.2) is 0 Å². The van der Waals surface area contributed by atoms with Crippen molar-refractivity contribution in [1.29, 1.82) is 0 Å². The summed E-state index contributed by atoms with van der Waals surface area (Å²) in [5, 5.41) is 0. The van der Waals surface area contributed by atoms with Gasteiger partial charge in [0.2, 0.25) is 0 Å². The van der Waals surface area contributed by atoms with Gasteiger partial charge in [0.15, 0.2) is 0 Å². The second-order valence-corrected chi connectivity index (χ2v) is 3.18. The standard InChI is InChI=1S/C12H17O2/c1-3-9-13-11(2)10-14-12-7-5-4-6-8-12/h3-8,11H,9-10H2,1-2H3. The first-order chi connectivity index (χ1) is 6.83. The molecule has 0 saturated carbocycles. The Labute approximate surface area is 85.8 Å². The van der Waals surface area contributed by atoms with Gasteiger partial charge in [-0.15, -0.1) is 0 Å². The highest BCUT2D eigenvalue weighted by atomic mass is 16.5. The molecule has 1 aromatic rings. The normalized spacial score (nSPS) is 12.4. The van der Waals surface area contributed by atoms with E-state index in [2.05, 4.69) is 0 Å². The lowest BCUT2D eigenvalue weighted by Gasteiger charge is -2.13. The zero-order valence-electron chi connectivity index (χ0n) is 8.77. The van der Waals surface area contributed by atoms with E-state index < -0.39 is 0 Å². The molecule has 1 radical (unpaired) electrons. The largest absolute Gasteiger partial charge is 0.491 e. The summed E-state index contributed by atoms with van der Waals surface area (Å²) in [7, 11) is 0. The topological polar surface area (TPSA) is 18.5 Å². The van der Waals surface area contributed by atoms with E-state index in [4.69, 9.17) is 9.47 Å². The van der Waals surface area contributed by atoms with Crippen molar-refractivity contribution >= 4 is 0 Å². The second kappa shape index (κ2) is 6.44. The lowest BCUT2D eigenvalue weighted by Crippen LogP contribution is -2.18. The summed E-state index contributed by atoms with van der Waals surface area (Å²) in [5.41, 5.74) is 0. The van der Waals surface area contributed by atoms with E-state index in [0.717, 1.165) is 5.75 Å². The van der Waals surface area contributed by atoms with Crippen molar-refractivity contribution in [1.82, 2.24) is 0 Å². The van der Waals surface area contributed by atoms with Crippen LogP contribution in [0, 0.1) is 6.42 Å². The molecular weight excluding hydrogens is 176 g/mol. The molecule has 0 aliphatic rings. The predicted octanol–water partition coefficient (Wildman–Crippen LogP) is 2.69. The highest BCUT2D eigenvalue weighted by Crippen LogP contribution is 2.08. The van der Waals surface area contributed by atoms with Crippen LogP contribution in [-0.2, 0) is 4.74 Å². The van der Waals surface area contributed by atoms with Crippen LogP contribution in [0.25, 0.3) is 0 Å². The minimum Gasteiger partial charge on any atom is -0.491 e. The minimum absolute atomic E-state index is 0.131. The average molecular weight is 193 g/mol. The highest BCUT2D eigenvalue weighted by Gasteiger charge is 2.01. The van der Waals surface area contributed by atoms with E-state index >= 15 is 0 Å². The summed E-state index contributed by atoms with van der Waals surface area (Å²) in [5.74, 6) is 0.892. The van der Waals surface area contributed by atoms with Crippen LogP contribution in [0.3, 0.4) is 0 Å². The van der Waals surface area contributed by atoms with Crippen molar-refractivity contribution < 1.29 is 9.47 Å². The van der Waals surface area contributed by atoms with Gasteiger partial charge in [-0.1, -0.05) is 25.1 Å². The molecule has 2 nitrogen and oxygen atoms in total. The number of para-hydroxylation sites is 1.